The van der Waals surface area contributed by atoms with Gasteiger partial charge < -0.3 is 15.7 Å². The molecule has 1 unspecified atom stereocenters. The average Bonchev–Trinajstić information content (AvgIpc) is 2.84. The molecule has 1 aromatic rings. The van der Waals surface area contributed by atoms with Crippen LogP contribution in [0.25, 0.3) is 0 Å². The second kappa shape index (κ2) is 5.29. The van der Waals surface area contributed by atoms with Crippen molar-refractivity contribution in [3.8, 4) is 5.75 Å². The summed E-state index contributed by atoms with van der Waals surface area (Å²) >= 11 is 0. The van der Waals surface area contributed by atoms with E-state index in [-0.39, 0.29) is 23.6 Å². The molecular weight excluding hydrogens is 282 g/mol. The third-order valence-corrected chi connectivity index (χ3v) is 4.13. The van der Waals surface area contributed by atoms with E-state index in [4.69, 9.17) is 5.73 Å². The van der Waals surface area contributed by atoms with Gasteiger partial charge in [-0.25, -0.2) is 0 Å². The van der Waals surface area contributed by atoms with Gasteiger partial charge in [0.2, 0.25) is 5.91 Å². The Morgan fingerprint density at radius 2 is 2.27 bits per heavy atom. The first kappa shape index (κ1) is 14.3. The summed E-state index contributed by atoms with van der Waals surface area (Å²) in [5.74, 6) is -0.516. The summed E-state index contributed by atoms with van der Waals surface area (Å²) in [6, 6.07) is 3.27. The fourth-order valence-electron chi connectivity index (χ4n) is 2.94. The van der Waals surface area contributed by atoms with Crippen LogP contribution in [0.4, 0.5) is 5.69 Å². The molecule has 2 amide bonds. The zero-order valence-corrected chi connectivity index (χ0v) is 12.2. The number of aliphatic imine (C=N–C) groups is 1. The number of nitrogens with two attached hydrogens (primary N) is 1. The smallest absolute Gasteiger partial charge is 0.256 e. The summed E-state index contributed by atoms with van der Waals surface area (Å²) in [6.45, 7) is 2.28. The molecule has 0 aromatic heterocycles. The highest BCUT2D eigenvalue weighted by Gasteiger charge is 2.36. The molecule has 114 valence electrons. The maximum Gasteiger partial charge on any atom is 0.256 e. The topological polar surface area (TPSA) is 96.0 Å². The molecule has 0 aliphatic carbocycles. The van der Waals surface area contributed by atoms with E-state index in [1.54, 1.807) is 36.2 Å². The molecule has 6 nitrogen and oxygen atoms in total. The minimum Gasteiger partial charge on any atom is -0.505 e. The van der Waals surface area contributed by atoms with Gasteiger partial charge in [0.05, 0.1) is 11.6 Å². The molecule has 0 bridgehead atoms. The van der Waals surface area contributed by atoms with Crippen molar-refractivity contribution in [1.82, 2.24) is 4.90 Å². The second-order valence-electron chi connectivity index (χ2n) is 5.69. The highest BCUT2D eigenvalue weighted by molar-refractivity contribution is 6.04. The van der Waals surface area contributed by atoms with Gasteiger partial charge >= 0.3 is 0 Å². The van der Waals surface area contributed by atoms with Gasteiger partial charge in [0, 0.05) is 12.8 Å². The maximum absolute atomic E-state index is 12.7. The summed E-state index contributed by atoms with van der Waals surface area (Å²) in [4.78, 5) is 29.5. The number of phenolic OH excluding ortho intramolecular Hbond substituents is 1. The summed E-state index contributed by atoms with van der Waals surface area (Å²) in [6.07, 6.45) is 5.46. The molecule has 1 saturated heterocycles. The normalized spacial score (nSPS) is 23.5. The third kappa shape index (κ3) is 2.36. The summed E-state index contributed by atoms with van der Waals surface area (Å²) in [5.41, 5.74) is 6.53. The van der Waals surface area contributed by atoms with Crippen LogP contribution in [0, 0.1) is 12.8 Å². The standard InChI is InChI=1S/C16H17N3O3/c1-9-2-4-12-14(15(9)21)18-7-11-6-10(3-5-13(17)20)8-19(11)16(12)22/h2-5,7,10-11,21H,6,8H2,1H3,(H2,17,20)/b5-3+/t10?,11-/m0/s1. The van der Waals surface area contributed by atoms with Crippen LogP contribution < -0.4 is 5.73 Å². The molecule has 2 heterocycles. The van der Waals surface area contributed by atoms with E-state index in [0.717, 1.165) is 0 Å². The fourth-order valence-corrected chi connectivity index (χ4v) is 2.94. The Hall–Kier alpha value is -2.63. The van der Waals surface area contributed by atoms with Gasteiger partial charge in [-0.05, 0) is 37.0 Å². The number of aromatic hydroxyl groups is 1. The monoisotopic (exact) mass is 299 g/mol. The molecule has 0 saturated carbocycles. The number of primary amides is 1. The Morgan fingerprint density at radius 3 is 3.00 bits per heavy atom. The maximum atomic E-state index is 12.7. The summed E-state index contributed by atoms with van der Waals surface area (Å²) < 4.78 is 0. The largest absolute Gasteiger partial charge is 0.505 e. The molecule has 2 aliphatic rings. The highest BCUT2D eigenvalue weighted by atomic mass is 16.3. The van der Waals surface area contributed by atoms with Crippen LogP contribution in [0.1, 0.15) is 22.3 Å². The van der Waals surface area contributed by atoms with E-state index in [1.165, 1.54) is 6.08 Å². The third-order valence-electron chi connectivity index (χ3n) is 4.13. The Morgan fingerprint density at radius 1 is 1.50 bits per heavy atom. The zero-order valence-electron chi connectivity index (χ0n) is 12.2. The number of aryl methyl sites for hydroxylation is 1. The van der Waals surface area contributed by atoms with Crippen molar-refractivity contribution in [2.75, 3.05) is 6.54 Å². The molecule has 2 aliphatic heterocycles. The molecule has 1 fully saturated rings. The van der Waals surface area contributed by atoms with Gasteiger partial charge in [-0.2, -0.15) is 0 Å². The van der Waals surface area contributed by atoms with Gasteiger partial charge in [-0.1, -0.05) is 12.1 Å². The van der Waals surface area contributed by atoms with Gasteiger partial charge in [0.15, 0.2) is 0 Å². The Kier molecular flexibility index (Phi) is 3.44. The van der Waals surface area contributed by atoms with Crippen molar-refractivity contribution >= 4 is 23.7 Å². The quantitative estimate of drug-likeness (QED) is 0.805. The number of phenols is 1. The van der Waals surface area contributed by atoms with E-state index in [1.807, 2.05) is 0 Å². The average molecular weight is 299 g/mol. The number of fused-ring (bicyclic) bond motifs is 2. The van der Waals surface area contributed by atoms with Crippen LogP contribution in [-0.2, 0) is 4.79 Å². The predicted octanol–water partition coefficient (Wildman–Crippen LogP) is 1.29. The van der Waals surface area contributed by atoms with Gasteiger partial charge in [-0.15, -0.1) is 0 Å². The molecule has 0 spiro atoms. The number of benzene rings is 1. The number of nitrogens with zero attached hydrogens (tertiary/aromatic N) is 2. The Bertz CT molecular complexity index is 709. The first-order valence-corrected chi connectivity index (χ1v) is 7.12. The lowest BCUT2D eigenvalue weighted by Gasteiger charge is -2.20. The number of carbonyl (C=O) groups excluding carboxylic acids is 2. The lowest BCUT2D eigenvalue weighted by Crippen LogP contribution is -2.35. The molecule has 3 rings (SSSR count). The minimum atomic E-state index is -0.493. The van der Waals surface area contributed by atoms with Crippen LogP contribution in [-0.4, -0.2) is 40.6 Å². The van der Waals surface area contributed by atoms with Crippen molar-refractivity contribution in [2.45, 2.75) is 19.4 Å². The second-order valence-corrected chi connectivity index (χ2v) is 5.69. The van der Waals surface area contributed by atoms with Crippen molar-refractivity contribution in [2.24, 2.45) is 16.6 Å². The van der Waals surface area contributed by atoms with Crippen LogP contribution in [0.3, 0.4) is 0 Å². The van der Waals surface area contributed by atoms with Gasteiger partial charge in [0.25, 0.3) is 5.91 Å². The molecular formula is C16H17N3O3. The summed E-state index contributed by atoms with van der Waals surface area (Å²) in [5, 5.41) is 10.1. The lowest BCUT2D eigenvalue weighted by molar-refractivity contribution is -0.113. The van der Waals surface area contributed by atoms with Crippen LogP contribution in [0.5, 0.6) is 5.75 Å². The van der Waals surface area contributed by atoms with Crippen molar-refractivity contribution in [3.05, 3.63) is 35.4 Å². The molecule has 2 atom stereocenters. The number of amides is 2. The number of hydrogen-bond donors (Lipinski definition) is 2. The fraction of sp³-hybridized carbons (Fsp3) is 0.312. The van der Waals surface area contributed by atoms with E-state index >= 15 is 0 Å². The Balaban J connectivity index is 1.92. The van der Waals surface area contributed by atoms with E-state index in [2.05, 4.69) is 4.99 Å². The van der Waals surface area contributed by atoms with E-state index in [0.29, 0.717) is 29.8 Å². The minimum absolute atomic E-state index is 0.0495. The lowest BCUT2D eigenvalue weighted by atomic mass is 10.1. The van der Waals surface area contributed by atoms with Crippen LogP contribution >= 0.6 is 0 Å². The highest BCUT2D eigenvalue weighted by Crippen LogP contribution is 2.38. The number of carbonyl (C=O) groups is 2. The van der Waals surface area contributed by atoms with E-state index < -0.39 is 5.91 Å². The van der Waals surface area contributed by atoms with Crippen molar-refractivity contribution in [3.63, 3.8) is 0 Å². The number of hydrogen-bond acceptors (Lipinski definition) is 4. The predicted molar refractivity (Wildman–Crippen MR) is 82.3 cm³/mol. The molecule has 0 radical (unpaired) electrons. The molecule has 22 heavy (non-hydrogen) atoms. The zero-order chi connectivity index (χ0) is 15.9. The summed E-state index contributed by atoms with van der Waals surface area (Å²) in [7, 11) is 0. The van der Waals surface area contributed by atoms with Crippen molar-refractivity contribution < 1.29 is 14.7 Å². The Labute approximate surface area is 127 Å². The van der Waals surface area contributed by atoms with Crippen molar-refractivity contribution in [1.29, 1.82) is 0 Å². The molecule has 6 heteroatoms. The number of rotatable bonds is 2. The van der Waals surface area contributed by atoms with E-state index in [9.17, 15) is 14.7 Å². The van der Waals surface area contributed by atoms with Gasteiger partial charge in [-0.3, -0.25) is 14.6 Å². The van der Waals surface area contributed by atoms with Crippen LogP contribution in [0.15, 0.2) is 29.3 Å². The first-order valence-electron chi connectivity index (χ1n) is 7.12. The first-order chi connectivity index (χ1) is 10.5. The van der Waals surface area contributed by atoms with Gasteiger partial charge in [0.1, 0.15) is 11.4 Å². The SMILES string of the molecule is Cc1ccc2c(c1O)N=C[C@@H]1CC(/C=C/C(N)=O)CN1C2=O. The molecule has 1 aromatic carbocycles. The molecule has 3 N–H and O–H groups in total. The van der Waals surface area contributed by atoms with Crippen LogP contribution in [0.2, 0.25) is 0 Å².